The van der Waals surface area contributed by atoms with Crippen LogP contribution in [0.3, 0.4) is 0 Å². The average molecular weight is 441 g/mol. The van der Waals surface area contributed by atoms with Crippen molar-refractivity contribution in [3.8, 4) is 0 Å². The molecule has 0 bridgehead atoms. The maximum Gasteiger partial charge on any atom is 0.408 e. The van der Waals surface area contributed by atoms with Gasteiger partial charge in [0.05, 0.1) is 37.1 Å². The highest BCUT2D eigenvalue weighted by Gasteiger charge is 2.47. The van der Waals surface area contributed by atoms with E-state index < -0.39 is 30.1 Å². The lowest BCUT2D eigenvalue weighted by Crippen LogP contribution is -2.54. The summed E-state index contributed by atoms with van der Waals surface area (Å²) in [5.41, 5.74) is -0.0805. The quantitative estimate of drug-likeness (QED) is 0.663. The number of aromatic nitrogens is 3. The molecule has 0 N–H and O–H groups in total. The van der Waals surface area contributed by atoms with Crippen LogP contribution in [0.1, 0.15) is 29.4 Å². The summed E-state index contributed by atoms with van der Waals surface area (Å²) in [7, 11) is 0. The van der Waals surface area contributed by atoms with E-state index in [9.17, 15) is 22.8 Å². The zero-order chi connectivity index (χ0) is 22.3. The number of nitrogens with zero attached hydrogens (tertiary/aromatic N) is 5. The van der Waals surface area contributed by atoms with Crippen LogP contribution in [0, 0.1) is 6.92 Å². The normalized spacial score (nSPS) is 21.8. The van der Waals surface area contributed by atoms with Crippen molar-refractivity contribution in [3.05, 3.63) is 33.9 Å². The molecule has 9 nitrogen and oxygen atoms in total. The third kappa shape index (κ3) is 4.03. The number of carbonyl (C=O) groups excluding carboxylic acids is 1. The van der Waals surface area contributed by atoms with E-state index in [-0.39, 0.29) is 42.0 Å². The number of alkyl halides is 3. The second-order valence-electron chi connectivity index (χ2n) is 7.73. The predicted octanol–water partition coefficient (Wildman–Crippen LogP) is 1.79. The van der Waals surface area contributed by atoms with Crippen LogP contribution < -0.4 is 15.4 Å². The largest absolute Gasteiger partial charge is 0.408 e. The van der Waals surface area contributed by atoms with Gasteiger partial charge in [0.15, 0.2) is 5.78 Å². The van der Waals surface area contributed by atoms with Crippen LogP contribution in [0.2, 0.25) is 0 Å². The first-order chi connectivity index (χ1) is 14.7. The smallest absolute Gasteiger partial charge is 0.377 e. The molecule has 0 aliphatic carbocycles. The first-order valence-electron chi connectivity index (χ1n) is 9.90. The molecular weight excluding hydrogens is 419 g/mol. The number of carbonyl (C=O) groups is 1. The SMILES string of the molecule is Cc1nocc1C(=O)CN1c2nc(N3CCOCC3C)cc(=O)n2CCC1C(F)(F)F. The number of hydrogen-bond acceptors (Lipinski definition) is 8. The third-order valence-corrected chi connectivity index (χ3v) is 5.64. The Bertz CT molecular complexity index is 1030. The molecule has 4 heterocycles. The summed E-state index contributed by atoms with van der Waals surface area (Å²) in [6.45, 7) is 3.96. The molecule has 4 rings (SSSR count). The highest BCUT2D eigenvalue weighted by atomic mass is 19.4. The second kappa shape index (κ2) is 7.98. The Morgan fingerprint density at radius 1 is 1.32 bits per heavy atom. The first kappa shape index (κ1) is 21.3. The number of fused-ring (bicyclic) bond motifs is 1. The maximum absolute atomic E-state index is 13.8. The van der Waals surface area contributed by atoms with Crippen molar-refractivity contribution in [2.24, 2.45) is 0 Å². The van der Waals surface area contributed by atoms with Crippen LogP contribution in [0.4, 0.5) is 24.9 Å². The van der Waals surface area contributed by atoms with Gasteiger partial charge >= 0.3 is 6.18 Å². The van der Waals surface area contributed by atoms with Gasteiger partial charge in [-0.25, -0.2) is 0 Å². The van der Waals surface area contributed by atoms with E-state index in [4.69, 9.17) is 9.26 Å². The van der Waals surface area contributed by atoms with Gasteiger partial charge in [0.1, 0.15) is 18.1 Å². The molecule has 1 saturated heterocycles. The van der Waals surface area contributed by atoms with E-state index in [0.717, 1.165) is 11.2 Å². The molecule has 2 aliphatic rings. The Labute approximate surface area is 175 Å². The van der Waals surface area contributed by atoms with E-state index >= 15 is 0 Å². The third-order valence-electron chi connectivity index (χ3n) is 5.64. The van der Waals surface area contributed by atoms with Crippen LogP contribution in [-0.4, -0.2) is 65.1 Å². The molecule has 0 saturated carbocycles. The Morgan fingerprint density at radius 2 is 2.10 bits per heavy atom. The number of halogens is 3. The van der Waals surface area contributed by atoms with Crippen molar-refractivity contribution in [2.75, 3.05) is 36.1 Å². The van der Waals surface area contributed by atoms with E-state index in [1.807, 2.05) is 11.8 Å². The van der Waals surface area contributed by atoms with Gasteiger partial charge < -0.3 is 19.1 Å². The molecule has 2 unspecified atom stereocenters. The van der Waals surface area contributed by atoms with Crippen molar-refractivity contribution in [2.45, 2.75) is 45.1 Å². The molecule has 0 spiro atoms. The summed E-state index contributed by atoms with van der Waals surface area (Å²) < 4.78 is 52.9. The molecule has 2 atom stereocenters. The van der Waals surface area contributed by atoms with Crippen LogP contribution >= 0.6 is 0 Å². The van der Waals surface area contributed by atoms with Gasteiger partial charge in [-0.15, -0.1) is 0 Å². The minimum atomic E-state index is -4.60. The van der Waals surface area contributed by atoms with Gasteiger partial charge in [-0.2, -0.15) is 18.2 Å². The lowest BCUT2D eigenvalue weighted by molar-refractivity contribution is -0.152. The highest BCUT2D eigenvalue weighted by molar-refractivity contribution is 5.99. The average Bonchev–Trinajstić information content (AvgIpc) is 3.14. The second-order valence-corrected chi connectivity index (χ2v) is 7.73. The van der Waals surface area contributed by atoms with Crippen molar-refractivity contribution < 1.29 is 27.2 Å². The number of Topliss-reactive ketones (excluding diaryl/α,β-unsaturated/α-hetero) is 1. The lowest BCUT2D eigenvalue weighted by Gasteiger charge is -2.40. The fourth-order valence-electron chi connectivity index (χ4n) is 3.99. The summed E-state index contributed by atoms with van der Waals surface area (Å²) in [6.07, 6.45) is -3.85. The number of hydrogen-bond donors (Lipinski definition) is 0. The van der Waals surface area contributed by atoms with Crippen LogP contribution in [-0.2, 0) is 11.3 Å². The van der Waals surface area contributed by atoms with E-state index in [0.29, 0.717) is 19.8 Å². The fraction of sp³-hybridized carbons (Fsp3) is 0.579. The first-order valence-corrected chi connectivity index (χ1v) is 9.90. The summed E-state index contributed by atoms with van der Waals surface area (Å²) in [5, 5.41) is 3.61. The van der Waals surface area contributed by atoms with Gasteiger partial charge in [-0.1, -0.05) is 5.16 Å². The molecule has 2 aromatic heterocycles. The van der Waals surface area contributed by atoms with Crippen LogP contribution in [0.15, 0.2) is 21.6 Å². The summed E-state index contributed by atoms with van der Waals surface area (Å²) >= 11 is 0. The number of rotatable bonds is 4. The highest BCUT2D eigenvalue weighted by Crippen LogP contribution is 2.34. The molecule has 31 heavy (non-hydrogen) atoms. The minimum Gasteiger partial charge on any atom is -0.377 e. The monoisotopic (exact) mass is 441 g/mol. The minimum absolute atomic E-state index is 0.0957. The van der Waals surface area contributed by atoms with Crippen molar-refractivity contribution in [3.63, 3.8) is 0 Å². The standard InChI is InChI=1S/C19H22F3N5O4/c1-11-9-30-6-5-25(11)16-7-17(29)26-4-3-15(19(20,21)22)27(18(26)23-16)8-14(28)13-10-31-24-12(13)2/h7,10-11,15H,3-6,8-9H2,1-2H3. The summed E-state index contributed by atoms with van der Waals surface area (Å²) in [6, 6.07) is -0.718. The summed E-state index contributed by atoms with van der Waals surface area (Å²) in [4.78, 5) is 32.6. The zero-order valence-electron chi connectivity index (χ0n) is 17.1. The Kier molecular flexibility index (Phi) is 5.50. The Morgan fingerprint density at radius 3 is 2.74 bits per heavy atom. The Hall–Kier alpha value is -2.89. The van der Waals surface area contributed by atoms with Crippen molar-refractivity contribution in [1.29, 1.82) is 0 Å². The molecular formula is C19H22F3N5O4. The van der Waals surface area contributed by atoms with E-state index in [1.165, 1.54) is 17.6 Å². The number of ether oxygens (including phenoxy) is 1. The number of ketones is 1. The molecule has 1 fully saturated rings. The van der Waals surface area contributed by atoms with Gasteiger partial charge in [0.25, 0.3) is 5.56 Å². The number of aryl methyl sites for hydroxylation is 1. The molecule has 0 amide bonds. The summed E-state index contributed by atoms with van der Waals surface area (Å²) in [5.74, 6) is -0.494. The van der Waals surface area contributed by atoms with E-state index in [2.05, 4.69) is 10.1 Å². The van der Waals surface area contributed by atoms with Gasteiger partial charge in [-0.05, 0) is 20.3 Å². The van der Waals surface area contributed by atoms with Gasteiger partial charge in [0, 0.05) is 19.2 Å². The van der Waals surface area contributed by atoms with E-state index in [1.54, 1.807) is 0 Å². The van der Waals surface area contributed by atoms with Gasteiger partial charge in [0.2, 0.25) is 5.95 Å². The van der Waals surface area contributed by atoms with Crippen molar-refractivity contribution >= 4 is 17.5 Å². The molecule has 12 heteroatoms. The topological polar surface area (TPSA) is 93.7 Å². The zero-order valence-corrected chi connectivity index (χ0v) is 17.1. The van der Waals surface area contributed by atoms with Gasteiger partial charge in [-0.3, -0.25) is 14.2 Å². The number of morpholine rings is 1. The number of anilines is 2. The van der Waals surface area contributed by atoms with Crippen LogP contribution in [0.5, 0.6) is 0 Å². The predicted molar refractivity (Wildman–Crippen MR) is 104 cm³/mol. The molecule has 168 valence electrons. The molecule has 0 radical (unpaired) electrons. The molecule has 2 aromatic rings. The fourth-order valence-corrected chi connectivity index (χ4v) is 3.99. The van der Waals surface area contributed by atoms with Crippen LogP contribution in [0.25, 0.3) is 0 Å². The molecule has 0 aromatic carbocycles. The maximum atomic E-state index is 13.8. The Balaban J connectivity index is 1.77. The lowest BCUT2D eigenvalue weighted by atomic mass is 10.1. The molecule has 2 aliphatic heterocycles. The van der Waals surface area contributed by atoms with Crippen molar-refractivity contribution in [1.82, 2.24) is 14.7 Å².